The highest BCUT2D eigenvalue weighted by Gasteiger charge is 2.11. The average Bonchev–Trinajstić information content (AvgIpc) is 2.41. The fraction of sp³-hybridized carbons (Fsp3) is 0.133. The lowest BCUT2D eigenvalue weighted by Crippen LogP contribution is -2.26. The van der Waals surface area contributed by atoms with Crippen molar-refractivity contribution in [1.29, 1.82) is 0 Å². The molecule has 0 heterocycles. The predicted molar refractivity (Wildman–Crippen MR) is 76.3 cm³/mol. The maximum Gasteiger partial charge on any atom is 0.253 e. The molecule has 0 aliphatic rings. The first-order valence-corrected chi connectivity index (χ1v) is 6.61. The number of carbonyl (C=O) groups is 1. The SMILES string of the molecule is CN(Cc1ccc(F)cc1)C(=O)c1ccc(Br)cc1. The van der Waals surface area contributed by atoms with E-state index in [1.165, 1.54) is 12.1 Å². The van der Waals surface area contributed by atoms with E-state index in [2.05, 4.69) is 15.9 Å². The summed E-state index contributed by atoms with van der Waals surface area (Å²) in [4.78, 5) is 13.8. The van der Waals surface area contributed by atoms with Gasteiger partial charge in [-0.2, -0.15) is 0 Å². The molecule has 98 valence electrons. The van der Waals surface area contributed by atoms with Gasteiger partial charge in [0.15, 0.2) is 0 Å². The zero-order valence-corrected chi connectivity index (χ0v) is 12.0. The smallest absolute Gasteiger partial charge is 0.253 e. The number of amides is 1. The van der Waals surface area contributed by atoms with E-state index in [0.717, 1.165) is 10.0 Å². The fourth-order valence-electron chi connectivity index (χ4n) is 1.75. The second-order valence-electron chi connectivity index (χ2n) is 4.29. The maximum absolute atomic E-state index is 12.8. The molecule has 19 heavy (non-hydrogen) atoms. The van der Waals surface area contributed by atoms with Crippen molar-refractivity contribution >= 4 is 21.8 Å². The molecule has 0 aromatic heterocycles. The Balaban J connectivity index is 2.07. The van der Waals surface area contributed by atoms with Gasteiger partial charge in [-0.3, -0.25) is 4.79 Å². The first-order valence-electron chi connectivity index (χ1n) is 5.82. The first kappa shape index (κ1) is 13.7. The topological polar surface area (TPSA) is 20.3 Å². The summed E-state index contributed by atoms with van der Waals surface area (Å²) in [5, 5.41) is 0. The molecule has 0 radical (unpaired) electrons. The number of halogens is 2. The number of carbonyl (C=O) groups excluding carboxylic acids is 1. The van der Waals surface area contributed by atoms with Gasteiger partial charge in [0.25, 0.3) is 5.91 Å². The Hall–Kier alpha value is -1.68. The van der Waals surface area contributed by atoms with E-state index in [0.29, 0.717) is 12.1 Å². The third-order valence-electron chi connectivity index (χ3n) is 2.77. The monoisotopic (exact) mass is 321 g/mol. The summed E-state index contributed by atoms with van der Waals surface area (Å²) in [5.74, 6) is -0.331. The molecule has 2 aromatic rings. The zero-order valence-electron chi connectivity index (χ0n) is 10.4. The summed E-state index contributed by atoms with van der Waals surface area (Å²) in [6.07, 6.45) is 0. The second-order valence-corrected chi connectivity index (χ2v) is 5.21. The van der Waals surface area contributed by atoms with Gasteiger partial charge in [0.1, 0.15) is 5.82 Å². The molecule has 2 aromatic carbocycles. The van der Waals surface area contributed by atoms with Gasteiger partial charge in [-0.05, 0) is 42.0 Å². The molecule has 0 atom stereocenters. The van der Waals surface area contributed by atoms with Crippen LogP contribution in [0.2, 0.25) is 0 Å². The van der Waals surface area contributed by atoms with Crippen molar-refractivity contribution in [1.82, 2.24) is 4.90 Å². The van der Waals surface area contributed by atoms with Crippen LogP contribution in [-0.4, -0.2) is 17.9 Å². The minimum atomic E-state index is -0.273. The average molecular weight is 322 g/mol. The van der Waals surface area contributed by atoms with Crippen LogP contribution < -0.4 is 0 Å². The molecule has 0 spiro atoms. The second kappa shape index (κ2) is 5.97. The van der Waals surface area contributed by atoms with Crippen molar-refractivity contribution in [3.63, 3.8) is 0 Å². The van der Waals surface area contributed by atoms with Gasteiger partial charge in [-0.25, -0.2) is 4.39 Å². The van der Waals surface area contributed by atoms with Crippen LogP contribution in [0.25, 0.3) is 0 Å². The maximum atomic E-state index is 12.8. The van der Waals surface area contributed by atoms with Gasteiger partial charge in [0, 0.05) is 23.6 Å². The highest BCUT2D eigenvalue weighted by Crippen LogP contribution is 2.13. The third kappa shape index (κ3) is 3.64. The summed E-state index contributed by atoms with van der Waals surface area (Å²) in [6.45, 7) is 0.454. The van der Waals surface area contributed by atoms with Crippen LogP contribution in [0.1, 0.15) is 15.9 Å². The molecule has 0 fully saturated rings. The third-order valence-corrected chi connectivity index (χ3v) is 3.30. The zero-order chi connectivity index (χ0) is 13.8. The highest BCUT2D eigenvalue weighted by atomic mass is 79.9. The summed E-state index contributed by atoms with van der Waals surface area (Å²) in [6, 6.07) is 13.4. The van der Waals surface area contributed by atoms with E-state index in [-0.39, 0.29) is 11.7 Å². The summed E-state index contributed by atoms with van der Waals surface area (Å²) < 4.78 is 13.7. The van der Waals surface area contributed by atoms with Crippen molar-refractivity contribution < 1.29 is 9.18 Å². The normalized spacial score (nSPS) is 10.3. The summed E-state index contributed by atoms with van der Waals surface area (Å²) in [5.41, 5.74) is 1.53. The van der Waals surface area contributed by atoms with Gasteiger partial charge in [0.05, 0.1) is 0 Å². The highest BCUT2D eigenvalue weighted by molar-refractivity contribution is 9.10. The first-order chi connectivity index (χ1) is 9.06. The lowest BCUT2D eigenvalue weighted by Gasteiger charge is -2.17. The molecule has 0 aliphatic heterocycles. The van der Waals surface area contributed by atoms with Gasteiger partial charge in [-0.15, -0.1) is 0 Å². The van der Waals surface area contributed by atoms with Crippen LogP contribution in [0.5, 0.6) is 0 Å². The van der Waals surface area contributed by atoms with E-state index in [4.69, 9.17) is 0 Å². The van der Waals surface area contributed by atoms with Crippen molar-refractivity contribution in [2.75, 3.05) is 7.05 Å². The molecule has 1 amide bonds. The Morgan fingerprint density at radius 1 is 1.11 bits per heavy atom. The van der Waals surface area contributed by atoms with E-state index >= 15 is 0 Å². The van der Waals surface area contributed by atoms with E-state index in [1.54, 1.807) is 36.2 Å². The summed E-state index contributed by atoms with van der Waals surface area (Å²) >= 11 is 3.33. The minimum Gasteiger partial charge on any atom is -0.337 e. The molecular formula is C15H13BrFNO. The number of rotatable bonds is 3. The molecular weight excluding hydrogens is 309 g/mol. The van der Waals surface area contributed by atoms with Crippen LogP contribution in [0.4, 0.5) is 4.39 Å². The minimum absolute atomic E-state index is 0.0585. The largest absolute Gasteiger partial charge is 0.337 e. The Morgan fingerprint density at radius 2 is 1.68 bits per heavy atom. The van der Waals surface area contributed by atoms with Gasteiger partial charge in [0.2, 0.25) is 0 Å². The predicted octanol–water partition coefficient (Wildman–Crippen LogP) is 3.86. The van der Waals surface area contributed by atoms with Gasteiger partial charge < -0.3 is 4.90 Å². The van der Waals surface area contributed by atoms with Crippen LogP contribution in [0, 0.1) is 5.82 Å². The number of nitrogens with zero attached hydrogens (tertiary/aromatic N) is 1. The van der Waals surface area contributed by atoms with Crippen molar-refractivity contribution in [3.8, 4) is 0 Å². The fourth-order valence-corrected chi connectivity index (χ4v) is 2.01. The van der Waals surface area contributed by atoms with Crippen LogP contribution >= 0.6 is 15.9 Å². The molecule has 0 N–H and O–H groups in total. The molecule has 4 heteroatoms. The quantitative estimate of drug-likeness (QED) is 0.840. The molecule has 0 aliphatic carbocycles. The number of hydrogen-bond donors (Lipinski definition) is 0. The van der Waals surface area contributed by atoms with Crippen molar-refractivity contribution in [2.24, 2.45) is 0 Å². The molecule has 0 saturated heterocycles. The van der Waals surface area contributed by atoms with Crippen molar-refractivity contribution in [3.05, 3.63) is 69.9 Å². The molecule has 0 bridgehead atoms. The van der Waals surface area contributed by atoms with Gasteiger partial charge >= 0.3 is 0 Å². The molecule has 0 unspecified atom stereocenters. The Morgan fingerprint density at radius 3 is 2.26 bits per heavy atom. The lowest BCUT2D eigenvalue weighted by molar-refractivity contribution is 0.0785. The van der Waals surface area contributed by atoms with E-state index < -0.39 is 0 Å². The molecule has 0 saturated carbocycles. The Bertz CT molecular complexity index is 566. The van der Waals surface area contributed by atoms with Gasteiger partial charge in [-0.1, -0.05) is 28.1 Å². The van der Waals surface area contributed by atoms with Crippen LogP contribution in [-0.2, 0) is 6.54 Å². The van der Waals surface area contributed by atoms with E-state index in [1.807, 2.05) is 12.1 Å². The Kier molecular flexibility index (Phi) is 4.32. The Labute approximate surface area is 120 Å². The van der Waals surface area contributed by atoms with Crippen LogP contribution in [0.3, 0.4) is 0 Å². The van der Waals surface area contributed by atoms with Crippen molar-refractivity contribution in [2.45, 2.75) is 6.54 Å². The lowest BCUT2D eigenvalue weighted by atomic mass is 10.1. The number of benzene rings is 2. The van der Waals surface area contributed by atoms with Crippen LogP contribution in [0.15, 0.2) is 53.0 Å². The number of hydrogen-bond acceptors (Lipinski definition) is 1. The molecule has 2 rings (SSSR count). The summed E-state index contributed by atoms with van der Waals surface area (Å²) in [7, 11) is 1.73. The standard InChI is InChI=1S/C15H13BrFNO/c1-18(10-11-2-8-14(17)9-3-11)15(19)12-4-6-13(16)7-5-12/h2-9H,10H2,1H3. The van der Waals surface area contributed by atoms with E-state index in [9.17, 15) is 9.18 Å². The molecule has 2 nitrogen and oxygen atoms in total.